The van der Waals surface area contributed by atoms with Crippen LogP contribution in [0.5, 0.6) is 0 Å². The molecule has 0 saturated carbocycles. The normalized spacial score (nSPS) is 15.6. The highest BCUT2D eigenvalue weighted by atomic mass is 19.1. The van der Waals surface area contributed by atoms with Crippen molar-refractivity contribution >= 4 is 11.7 Å². The lowest BCUT2D eigenvalue weighted by molar-refractivity contribution is 0.150. The fraction of sp³-hybridized carbons (Fsp3) is 0.250. The van der Waals surface area contributed by atoms with E-state index in [-0.39, 0.29) is 6.54 Å². The molecule has 1 aliphatic rings. The third-order valence-corrected chi connectivity index (χ3v) is 2.76. The van der Waals surface area contributed by atoms with Crippen LogP contribution in [0.15, 0.2) is 24.3 Å². The van der Waals surface area contributed by atoms with Crippen LogP contribution in [0.25, 0.3) is 5.57 Å². The average Bonchev–Trinajstić information content (AvgIpc) is 2.29. The first-order valence-electron chi connectivity index (χ1n) is 5.20. The van der Waals surface area contributed by atoms with Gasteiger partial charge in [0.15, 0.2) is 0 Å². The first kappa shape index (κ1) is 11.6. The number of benzene rings is 1. The maximum Gasteiger partial charge on any atom is 0.407 e. The highest BCUT2D eigenvalue weighted by molar-refractivity contribution is 5.71. The van der Waals surface area contributed by atoms with E-state index < -0.39 is 17.7 Å². The van der Waals surface area contributed by atoms with Crippen LogP contribution in [0.4, 0.5) is 13.6 Å². The van der Waals surface area contributed by atoms with Crippen molar-refractivity contribution in [1.29, 1.82) is 0 Å². The number of hydrogen-bond acceptors (Lipinski definition) is 1. The summed E-state index contributed by atoms with van der Waals surface area (Å²) in [6.45, 7) is 0.569. The van der Waals surface area contributed by atoms with E-state index in [1.165, 1.54) is 17.0 Å². The Hall–Kier alpha value is -1.91. The molecule has 0 fully saturated rings. The number of halogens is 2. The van der Waals surface area contributed by atoms with Crippen molar-refractivity contribution in [1.82, 2.24) is 4.90 Å². The van der Waals surface area contributed by atoms with Gasteiger partial charge >= 0.3 is 6.09 Å². The minimum atomic E-state index is -0.986. The van der Waals surface area contributed by atoms with Gasteiger partial charge in [0.05, 0.1) is 0 Å². The summed E-state index contributed by atoms with van der Waals surface area (Å²) >= 11 is 0. The zero-order valence-corrected chi connectivity index (χ0v) is 8.99. The van der Waals surface area contributed by atoms with Crippen LogP contribution in [-0.2, 0) is 0 Å². The molecule has 1 heterocycles. The molecule has 0 bridgehead atoms. The minimum Gasteiger partial charge on any atom is -0.465 e. The summed E-state index contributed by atoms with van der Waals surface area (Å²) in [4.78, 5) is 11.9. The molecule has 90 valence electrons. The maximum atomic E-state index is 13.5. The molecule has 0 aliphatic carbocycles. The standard InChI is InChI=1S/C12H11F2NO2/c13-9-1-2-10(11(14)7-9)8-3-5-15(6-4-8)12(16)17/h1-3,7H,4-6H2,(H,16,17). The highest BCUT2D eigenvalue weighted by Crippen LogP contribution is 2.25. The monoisotopic (exact) mass is 239 g/mol. The molecule has 17 heavy (non-hydrogen) atoms. The Labute approximate surface area is 97.0 Å². The quantitative estimate of drug-likeness (QED) is 0.818. The van der Waals surface area contributed by atoms with E-state index in [1.54, 1.807) is 6.08 Å². The van der Waals surface area contributed by atoms with Crippen LogP contribution in [0, 0.1) is 11.6 Å². The van der Waals surface area contributed by atoms with Gasteiger partial charge in [-0.1, -0.05) is 6.08 Å². The summed E-state index contributed by atoms with van der Waals surface area (Å²) in [5, 5.41) is 8.76. The molecule has 1 amide bonds. The molecular weight excluding hydrogens is 228 g/mol. The van der Waals surface area contributed by atoms with Crippen LogP contribution < -0.4 is 0 Å². The zero-order valence-electron chi connectivity index (χ0n) is 8.99. The second kappa shape index (κ2) is 4.53. The summed E-state index contributed by atoms with van der Waals surface area (Å²) in [5.74, 6) is -1.23. The molecule has 1 aromatic carbocycles. The van der Waals surface area contributed by atoms with Gasteiger partial charge in [0, 0.05) is 24.7 Å². The van der Waals surface area contributed by atoms with E-state index in [1.807, 2.05) is 0 Å². The van der Waals surface area contributed by atoms with Crippen LogP contribution in [0.1, 0.15) is 12.0 Å². The van der Waals surface area contributed by atoms with Crippen molar-refractivity contribution in [2.75, 3.05) is 13.1 Å². The molecule has 1 N–H and O–H groups in total. The van der Waals surface area contributed by atoms with E-state index in [9.17, 15) is 13.6 Å². The Balaban J connectivity index is 2.22. The van der Waals surface area contributed by atoms with E-state index in [0.29, 0.717) is 18.5 Å². The molecule has 0 aromatic heterocycles. The van der Waals surface area contributed by atoms with Crippen molar-refractivity contribution in [3.8, 4) is 0 Å². The number of carbonyl (C=O) groups is 1. The Bertz CT molecular complexity index is 485. The van der Waals surface area contributed by atoms with Gasteiger partial charge in [0.2, 0.25) is 0 Å². The van der Waals surface area contributed by atoms with Crippen molar-refractivity contribution in [3.63, 3.8) is 0 Å². The molecule has 0 saturated heterocycles. The zero-order chi connectivity index (χ0) is 12.4. The van der Waals surface area contributed by atoms with Crippen molar-refractivity contribution < 1.29 is 18.7 Å². The number of rotatable bonds is 1. The van der Waals surface area contributed by atoms with Crippen LogP contribution >= 0.6 is 0 Å². The largest absolute Gasteiger partial charge is 0.465 e. The second-order valence-corrected chi connectivity index (χ2v) is 3.83. The second-order valence-electron chi connectivity index (χ2n) is 3.83. The van der Waals surface area contributed by atoms with Gasteiger partial charge in [-0.05, 0) is 24.1 Å². The molecular formula is C12H11F2NO2. The van der Waals surface area contributed by atoms with Gasteiger partial charge in [-0.15, -0.1) is 0 Å². The van der Waals surface area contributed by atoms with Gasteiger partial charge in [-0.25, -0.2) is 13.6 Å². The summed E-state index contributed by atoms with van der Waals surface area (Å²) in [6.07, 6.45) is 1.11. The van der Waals surface area contributed by atoms with Gasteiger partial charge in [-0.2, -0.15) is 0 Å². The van der Waals surface area contributed by atoms with Crippen LogP contribution in [0.2, 0.25) is 0 Å². The highest BCUT2D eigenvalue weighted by Gasteiger charge is 2.18. The van der Waals surface area contributed by atoms with E-state index in [4.69, 9.17) is 5.11 Å². The third-order valence-electron chi connectivity index (χ3n) is 2.76. The fourth-order valence-corrected chi connectivity index (χ4v) is 1.84. The summed E-state index contributed by atoms with van der Waals surface area (Å²) in [5.41, 5.74) is 1.07. The molecule has 2 rings (SSSR count). The van der Waals surface area contributed by atoms with Crippen molar-refractivity contribution in [3.05, 3.63) is 41.5 Å². The van der Waals surface area contributed by atoms with E-state index >= 15 is 0 Å². The van der Waals surface area contributed by atoms with Gasteiger partial charge in [0.25, 0.3) is 0 Å². The van der Waals surface area contributed by atoms with Gasteiger partial charge < -0.3 is 10.0 Å². The molecule has 1 aromatic rings. The lowest BCUT2D eigenvalue weighted by Gasteiger charge is -2.23. The van der Waals surface area contributed by atoms with E-state index in [2.05, 4.69) is 0 Å². The first-order chi connectivity index (χ1) is 8.08. The summed E-state index contributed by atoms with van der Waals surface area (Å²) in [6, 6.07) is 3.41. The first-order valence-corrected chi connectivity index (χ1v) is 5.20. The predicted molar refractivity (Wildman–Crippen MR) is 58.5 cm³/mol. The molecule has 0 radical (unpaired) electrons. The van der Waals surface area contributed by atoms with Crippen molar-refractivity contribution in [2.45, 2.75) is 6.42 Å². The Morgan fingerprint density at radius 2 is 2.12 bits per heavy atom. The van der Waals surface area contributed by atoms with Gasteiger partial charge in [-0.3, -0.25) is 0 Å². The minimum absolute atomic E-state index is 0.238. The van der Waals surface area contributed by atoms with Crippen LogP contribution in [-0.4, -0.2) is 29.2 Å². The SMILES string of the molecule is O=C(O)N1CC=C(c2ccc(F)cc2F)CC1. The van der Waals surface area contributed by atoms with Gasteiger partial charge in [0.1, 0.15) is 11.6 Å². The fourth-order valence-electron chi connectivity index (χ4n) is 1.84. The Morgan fingerprint density at radius 1 is 1.35 bits per heavy atom. The molecule has 0 spiro atoms. The van der Waals surface area contributed by atoms with E-state index in [0.717, 1.165) is 11.6 Å². The number of amides is 1. The molecule has 5 heteroatoms. The lowest BCUT2D eigenvalue weighted by atomic mass is 9.99. The summed E-state index contributed by atoms with van der Waals surface area (Å²) < 4.78 is 26.2. The number of hydrogen-bond donors (Lipinski definition) is 1. The average molecular weight is 239 g/mol. The molecule has 3 nitrogen and oxygen atoms in total. The number of nitrogens with zero attached hydrogens (tertiary/aromatic N) is 1. The third kappa shape index (κ3) is 2.43. The maximum absolute atomic E-state index is 13.5. The lowest BCUT2D eigenvalue weighted by Crippen LogP contribution is -2.33. The molecule has 0 atom stereocenters. The Morgan fingerprint density at radius 3 is 2.65 bits per heavy atom. The molecule has 0 unspecified atom stereocenters. The smallest absolute Gasteiger partial charge is 0.407 e. The predicted octanol–water partition coefficient (Wildman–Crippen LogP) is 2.73. The number of carboxylic acid groups (broad SMARTS) is 1. The summed E-state index contributed by atoms with van der Waals surface area (Å²) in [7, 11) is 0. The molecule has 1 aliphatic heterocycles. The topological polar surface area (TPSA) is 40.5 Å². The Kier molecular flexibility index (Phi) is 3.08. The van der Waals surface area contributed by atoms with Crippen LogP contribution in [0.3, 0.4) is 0 Å². The van der Waals surface area contributed by atoms with Crippen molar-refractivity contribution in [2.24, 2.45) is 0 Å².